The van der Waals surface area contributed by atoms with Gasteiger partial charge in [-0.1, -0.05) is 37.1 Å². The second-order valence-electron chi connectivity index (χ2n) is 6.22. The third-order valence-corrected chi connectivity index (χ3v) is 6.05. The van der Waals surface area contributed by atoms with Gasteiger partial charge in [-0.2, -0.15) is 0 Å². The number of nitrogens with zero attached hydrogens (tertiary/aromatic N) is 2. The van der Waals surface area contributed by atoms with Crippen molar-refractivity contribution in [3.05, 3.63) is 48.5 Å². The van der Waals surface area contributed by atoms with Crippen molar-refractivity contribution >= 4 is 43.9 Å². The van der Waals surface area contributed by atoms with Gasteiger partial charge < -0.3 is 0 Å². The summed E-state index contributed by atoms with van der Waals surface area (Å²) in [7, 11) is -3.86. The molecule has 0 saturated carbocycles. The van der Waals surface area contributed by atoms with E-state index in [2.05, 4.69) is 9.37 Å². The van der Waals surface area contributed by atoms with Crippen LogP contribution in [-0.4, -0.2) is 23.6 Å². The van der Waals surface area contributed by atoms with Gasteiger partial charge in [0.2, 0.25) is 10.0 Å². The first-order valence-corrected chi connectivity index (χ1v) is 11.3. The van der Waals surface area contributed by atoms with Crippen molar-refractivity contribution in [2.24, 2.45) is 5.14 Å². The van der Waals surface area contributed by atoms with Crippen LogP contribution in [0.5, 0.6) is 0 Å². The Bertz CT molecular complexity index is 1390. The van der Waals surface area contributed by atoms with Gasteiger partial charge in [0.15, 0.2) is 0 Å². The molecule has 3 aromatic carbocycles. The normalized spacial score (nSPS) is 12.0. The summed E-state index contributed by atoms with van der Waals surface area (Å²) in [5.74, 6) is 0. The van der Waals surface area contributed by atoms with Gasteiger partial charge >= 0.3 is 0 Å². The summed E-state index contributed by atoms with van der Waals surface area (Å²) in [5, 5.41) is 18.9. The topological polar surface area (TPSA) is 125 Å². The standard InChI is InChI=1S/C18H11N3O5S2.C2H6/c19-28(23,24)11-6-9-2-1-3-12-16(9)13(8-11)18-17(12)21-15-7-10(27-26-25-22)4-5-14(15)20-18;1-2/h1-8,22H,(H2,19,23,24);1-2H3. The highest BCUT2D eigenvalue weighted by molar-refractivity contribution is 7.94. The van der Waals surface area contributed by atoms with Crippen LogP contribution in [0.25, 0.3) is 44.3 Å². The highest BCUT2D eigenvalue weighted by atomic mass is 32.2. The monoisotopic (exact) mass is 443 g/mol. The lowest BCUT2D eigenvalue weighted by Crippen LogP contribution is -2.12. The molecule has 30 heavy (non-hydrogen) atoms. The van der Waals surface area contributed by atoms with Crippen LogP contribution in [0, 0.1) is 0 Å². The number of rotatable bonds is 4. The molecule has 1 aromatic heterocycles. The minimum atomic E-state index is -3.86. The Hall–Kier alpha value is -2.60. The molecule has 1 aliphatic rings. The van der Waals surface area contributed by atoms with Crippen molar-refractivity contribution in [2.75, 3.05) is 0 Å². The van der Waals surface area contributed by atoms with E-state index in [1.165, 1.54) is 0 Å². The second-order valence-corrected chi connectivity index (χ2v) is 8.55. The Morgan fingerprint density at radius 3 is 2.43 bits per heavy atom. The van der Waals surface area contributed by atoms with Crippen LogP contribution in [0.4, 0.5) is 0 Å². The molecule has 1 heterocycles. The van der Waals surface area contributed by atoms with E-state index in [4.69, 9.17) is 20.4 Å². The fraction of sp³-hybridized carbons (Fsp3) is 0.100. The van der Waals surface area contributed by atoms with Gasteiger partial charge in [0.05, 0.1) is 39.4 Å². The zero-order valence-corrected chi connectivity index (χ0v) is 17.6. The smallest absolute Gasteiger partial charge is 0.238 e. The van der Waals surface area contributed by atoms with Crippen LogP contribution in [0.1, 0.15) is 13.8 Å². The lowest BCUT2D eigenvalue weighted by molar-refractivity contribution is -0.432. The van der Waals surface area contributed by atoms with E-state index in [-0.39, 0.29) is 4.90 Å². The largest absolute Gasteiger partial charge is 0.244 e. The summed E-state index contributed by atoms with van der Waals surface area (Å²) >= 11 is 0.834. The molecule has 0 amide bonds. The van der Waals surface area contributed by atoms with Crippen molar-refractivity contribution in [3.63, 3.8) is 0 Å². The molecule has 0 fully saturated rings. The first-order valence-electron chi connectivity index (χ1n) is 9.02. The molecular formula is C20H17N3O5S2. The van der Waals surface area contributed by atoms with Gasteiger partial charge in [-0.05, 0) is 35.7 Å². The molecule has 3 N–H and O–H groups in total. The maximum Gasteiger partial charge on any atom is 0.238 e. The maximum absolute atomic E-state index is 11.9. The maximum atomic E-state index is 11.9. The summed E-state index contributed by atoms with van der Waals surface area (Å²) in [6, 6.07) is 14.0. The highest BCUT2D eigenvalue weighted by Gasteiger charge is 2.26. The van der Waals surface area contributed by atoms with E-state index >= 15 is 0 Å². The molecule has 8 nitrogen and oxygen atoms in total. The van der Waals surface area contributed by atoms with E-state index in [9.17, 15) is 8.42 Å². The van der Waals surface area contributed by atoms with Gasteiger partial charge in [0.1, 0.15) is 0 Å². The van der Waals surface area contributed by atoms with Gasteiger partial charge in [0, 0.05) is 21.4 Å². The van der Waals surface area contributed by atoms with Crippen molar-refractivity contribution in [1.29, 1.82) is 0 Å². The molecule has 10 heteroatoms. The van der Waals surface area contributed by atoms with Gasteiger partial charge in [0.25, 0.3) is 0 Å². The fourth-order valence-corrected chi connectivity index (χ4v) is 4.43. The lowest BCUT2D eigenvalue weighted by atomic mass is 10.0. The Morgan fingerprint density at radius 2 is 1.70 bits per heavy atom. The van der Waals surface area contributed by atoms with Gasteiger partial charge in [-0.3, -0.25) is 0 Å². The SMILES string of the molecule is CC.NS(=O)(=O)c1cc2c3c(cccc3c1)-c1nc3cc(SOOO)ccc3nc1-2. The highest BCUT2D eigenvalue weighted by Crippen LogP contribution is 2.46. The zero-order valence-electron chi connectivity index (χ0n) is 16.0. The van der Waals surface area contributed by atoms with Crippen LogP contribution in [0.2, 0.25) is 0 Å². The van der Waals surface area contributed by atoms with E-state index in [1.807, 2.05) is 32.0 Å². The van der Waals surface area contributed by atoms with Gasteiger partial charge in [-0.15, -0.1) is 4.33 Å². The van der Waals surface area contributed by atoms with Crippen LogP contribution in [0.15, 0.2) is 58.3 Å². The third kappa shape index (κ3) is 3.43. The summed E-state index contributed by atoms with van der Waals surface area (Å²) in [4.78, 5) is 10.2. The number of sulfonamides is 1. The molecule has 4 aromatic rings. The second kappa shape index (κ2) is 7.91. The molecule has 154 valence electrons. The molecule has 0 spiro atoms. The van der Waals surface area contributed by atoms with E-state index < -0.39 is 10.0 Å². The molecule has 0 unspecified atom stereocenters. The molecule has 0 saturated heterocycles. The molecule has 0 bridgehead atoms. The summed E-state index contributed by atoms with van der Waals surface area (Å²) in [5.41, 5.74) is 4.11. The summed E-state index contributed by atoms with van der Waals surface area (Å²) in [6.45, 7) is 4.00. The predicted octanol–water partition coefficient (Wildman–Crippen LogP) is 4.53. The van der Waals surface area contributed by atoms with Crippen molar-refractivity contribution in [1.82, 2.24) is 9.97 Å². The number of fused-ring (bicyclic) bond motifs is 4. The fourth-order valence-electron chi connectivity index (χ4n) is 3.46. The first-order chi connectivity index (χ1) is 14.5. The minimum Gasteiger partial charge on any atom is -0.244 e. The molecular weight excluding hydrogens is 426 g/mol. The van der Waals surface area contributed by atoms with Crippen LogP contribution in [0.3, 0.4) is 0 Å². The van der Waals surface area contributed by atoms with Crippen LogP contribution < -0.4 is 5.14 Å². The minimum absolute atomic E-state index is 0.0368. The van der Waals surface area contributed by atoms with Crippen LogP contribution in [-0.2, 0) is 19.4 Å². The molecule has 1 aliphatic carbocycles. The quantitative estimate of drug-likeness (QED) is 0.236. The van der Waals surface area contributed by atoms with Crippen LogP contribution >= 0.6 is 12.0 Å². The van der Waals surface area contributed by atoms with E-state index in [1.54, 1.807) is 30.3 Å². The Kier molecular flexibility index (Phi) is 5.45. The Morgan fingerprint density at radius 1 is 0.967 bits per heavy atom. The van der Waals surface area contributed by atoms with Crippen molar-refractivity contribution in [2.45, 2.75) is 23.6 Å². The van der Waals surface area contributed by atoms with Crippen molar-refractivity contribution in [3.8, 4) is 22.5 Å². The molecule has 5 rings (SSSR count). The number of nitrogens with two attached hydrogens (primary N) is 1. The third-order valence-electron chi connectivity index (χ3n) is 4.59. The first kappa shape index (κ1) is 20.7. The zero-order chi connectivity index (χ0) is 21.5. The number of benzene rings is 3. The Balaban J connectivity index is 0.00000106. The van der Waals surface area contributed by atoms with Crippen molar-refractivity contribution < 1.29 is 23.0 Å². The lowest BCUT2D eigenvalue weighted by Gasteiger charge is -2.06. The summed E-state index contributed by atoms with van der Waals surface area (Å²) < 4.78 is 28.3. The number of primary sulfonamides is 1. The average Bonchev–Trinajstić information content (AvgIpc) is 3.06. The summed E-state index contributed by atoms with van der Waals surface area (Å²) in [6.07, 6.45) is 0. The molecule has 0 radical (unpaired) electrons. The molecule has 0 aliphatic heterocycles. The Labute approximate surface area is 176 Å². The van der Waals surface area contributed by atoms with E-state index in [0.717, 1.165) is 28.4 Å². The number of aromatic nitrogens is 2. The molecule has 0 atom stereocenters. The predicted molar refractivity (Wildman–Crippen MR) is 115 cm³/mol. The number of hydrogen-bond acceptors (Lipinski definition) is 8. The number of hydrogen-bond donors (Lipinski definition) is 2. The average molecular weight is 444 g/mol. The van der Waals surface area contributed by atoms with E-state index in [0.29, 0.717) is 32.9 Å². The van der Waals surface area contributed by atoms with Gasteiger partial charge in [-0.25, -0.2) is 28.8 Å².